The zero-order valence-electron chi connectivity index (χ0n) is 10.3. The van der Waals surface area contributed by atoms with Gasteiger partial charge in [0.2, 0.25) is 0 Å². The van der Waals surface area contributed by atoms with Gasteiger partial charge < -0.3 is 10.4 Å². The maximum atomic E-state index is 13.1. The molecule has 0 aliphatic carbocycles. The van der Waals surface area contributed by atoms with E-state index in [1.807, 2.05) is 30.3 Å². The molecule has 3 heteroatoms. The predicted octanol–water partition coefficient (Wildman–Crippen LogP) is 3.24. The summed E-state index contributed by atoms with van der Waals surface area (Å²) in [5.74, 6) is -0.186. The molecule has 2 rings (SSSR count). The molecular weight excluding hydrogens is 229 g/mol. The second kappa shape index (κ2) is 5.65. The molecule has 0 spiro atoms. The number of hydrogen-bond donors (Lipinski definition) is 2. The average molecular weight is 245 g/mol. The standard InChI is InChI=1S/C15H16FNO/c1-11-8-12(6-7-14(11)16)9-17-15-5-3-2-4-13(15)10-18/h2-8,17-18H,9-10H2,1H3. The lowest BCUT2D eigenvalue weighted by molar-refractivity contribution is 0.282. The van der Waals surface area contributed by atoms with Crippen molar-refractivity contribution in [2.24, 2.45) is 0 Å². The molecule has 0 atom stereocenters. The summed E-state index contributed by atoms with van der Waals surface area (Å²) in [4.78, 5) is 0. The number of rotatable bonds is 4. The van der Waals surface area contributed by atoms with Gasteiger partial charge in [0.25, 0.3) is 0 Å². The van der Waals surface area contributed by atoms with Crippen molar-refractivity contribution in [2.75, 3.05) is 5.32 Å². The first-order chi connectivity index (χ1) is 8.70. The molecule has 0 unspecified atom stereocenters. The van der Waals surface area contributed by atoms with Crippen molar-refractivity contribution in [1.82, 2.24) is 0 Å². The van der Waals surface area contributed by atoms with E-state index < -0.39 is 0 Å². The van der Waals surface area contributed by atoms with Crippen LogP contribution >= 0.6 is 0 Å². The fraction of sp³-hybridized carbons (Fsp3) is 0.200. The van der Waals surface area contributed by atoms with Crippen molar-refractivity contribution in [2.45, 2.75) is 20.1 Å². The van der Waals surface area contributed by atoms with E-state index in [9.17, 15) is 9.50 Å². The molecule has 2 aromatic rings. The smallest absolute Gasteiger partial charge is 0.126 e. The maximum Gasteiger partial charge on any atom is 0.126 e. The highest BCUT2D eigenvalue weighted by Gasteiger charge is 2.02. The van der Waals surface area contributed by atoms with Crippen LogP contribution in [0, 0.1) is 12.7 Å². The minimum absolute atomic E-state index is 0.00557. The van der Waals surface area contributed by atoms with Gasteiger partial charge in [-0.2, -0.15) is 0 Å². The minimum Gasteiger partial charge on any atom is -0.392 e. The number of aryl methyl sites for hydroxylation is 1. The van der Waals surface area contributed by atoms with Crippen molar-refractivity contribution in [3.05, 3.63) is 65.0 Å². The van der Waals surface area contributed by atoms with E-state index in [1.54, 1.807) is 13.0 Å². The SMILES string of the molecule is Cc1cc(CNc2ccccc2CO)ccc1F. The monoisotopic (exact) mass is 245 g/mol. The summed E-state index contributed by atoms with van der Waals surface area (Å²) in [7, 11) is 0. The van der Waals surface area contributed by atoms with Crippen LogP contribution < -0.4 is 5.32 Å². The summed E-state index contributed by atoms with van der Waals surface area (Å²) in [5, 5.41) is 12.5. The van der Waals surface area contributed by atoms with Crippen LogP contribution in [-0.4, -0.2) is 5.11 Å². The summed E-state index contributed by atoms with van der Waals surface area (Å²) >= 11 is 0. The molecule has 0 saturated carbocycles. The van der Waals surface area contributed by atoms with Gasteiger partial charge in [-0.05, 0) is 30.2 Å². The summed E-state index contributed by atoms with van der Waals surface area (Å²) in [6.07, 6.45) is 0. The van der Waals surface area contributed by atoms with E-state index >= 15 is 0 Å². The van der Waals surface area contributed by atoms with Gasteiger partial charge in [0.15, 0.2) is 0 Å². The van der Waals surface area contributed by atoms with Crippen molar-refractivity contribution < 1.29 is 9.50 Å². The third-order valence-electron chi connectivity index (χ3n) is 2.89. The number of aliphatic hydroxyl groups is 1. The van der Waals surface area contributed by atoms with Crippen LogP contribution in [0.1, 0.15) is 16.7 Å². The van der Waals surface area contributed by atoms with E-state index in [4.69, 9.17) is 0 Å². The molecule has 18 heavy (non-hydrogen) atoms. The number of nitrogens with one attached hydrogen (secondary N) is 1. The van der Waals surface area contributed by atoms with E-state index in [1.165, 1.54) is 6.07 Å². The Morgan fingerprint density at radius 1 is 1.17 bits per heavy atom. The number of aliphatic hydroxyl groups excluding tert-OH is 1. The molecule has 0 aliphatic rings. The van der Waals surface area contributed by atoms with E-state index in [2.05, 4.69) is 5.32 Å². The Morgan fingerprint density at radius 2 is 1.94 bits per heavy atom. The molecular formula is C15H16FNO. The fourth-order valence-corrected chi connectivity index (χ4v) is 1.84. The van der Waals surface area contributed by atoms with Crippen molar-refractivity contribution in [1.29, 1.82) is 0 Å². The lowest BCUT2D eigenvalue weighted by Gasteiger charge is -2.11. The molecule has 2 nitrogen and oxygen atoms in total. The zero-order chi connectivity index (χ0) is 13.0. The Morgan fingerprint density at radius 3 is 2.67 bits per heavy atom. The molecule has 0 amide bonds. The van der Waals surface area contributed by atoms with E-state index in [0.717, 1.165) is 16.8 Å². The van der Waals surface area contributed by atoms with Gasteiger partial charge in [-0.25, -0.2) is 4.39 Å². The highest BCUT2D eigenvalue weighted by atomic mass is 19.1. The van der Waals surface area contributed by atoms with Crippen molar-refractivity contribution in [3.63, 3.8) is 0 Å². The van der Waals surface area contributed by atoms with Crippen LogP contribution in [0.4, 0.5) is 10.1 Å². The normalized spacial score (nSPS) is 10.4. The molecule has 0 heterocycles. The second-order valence-corrected chi connectivity index (χ2v) is 4.25. The van der Waals surface area contributed by atoms with Gasteiger partial charge in [-0.15, -0.1) is 0 Å². The predicted molar refractivity (Wildman–Crippen MR) is 70.8 cm³/mol. The third kappa shape index (κ3) is 2.87. The Balaban J connectivity index is 2.09. The number of hydrogen-bond acceptors (Lipinski definition) is 2. The van der Waals surface area contributed by atoms with Crippen LogP contribution in [0.3, 0.4) is 0 Å². The summed E-state index contributed by atoms with van der Waals surface area (Å²) < 4.78 is 13.1. The molecule has 0 saturated heterocycles. The number of para-hydroxylation sites is 1. The Hall–Kier alpha value is -1.87. The van der Waals surface area contributed by atoms with Crippen LogP contribution in [0.2, 0.25) is 0 Å². The summed E-state index contributed by atoms with van der Waals surface area (Å²) in [6.45, 7) is 2.37. The Labute approximate surface area is 106 Å². The van der Waals surface area contributed by atoms with Crippen LogP contribution in [0.15, 0.2) is 42.5 Å². The lowest BCUT2D eigenvalue weighted by Crippen LogP contribution is -2.03. The molecule has 94 valence electrons. The first kappa shape index (κ1) is 12.6. The van der Waals surface area contributed by atoms with Crippen LogP contribution in [0.5, 0.6) is 0 Å². The lowest BCUT2D eigenvalue weighted by atomic mass is 10.1. The van der Waals surface area contributed by atoms with Gasteiger partial charge in [0.1, 0.15) is 5.82 Å². The Kier molecular flexibility index (Phi) is 3.95. The summed E-state index contributed by atoms with van der Waals surface area (Å²) in [5.41, 5.74) is 3.42. The highest BCUT2D eigenvalue weighted by Crippen LogP contribution is 2.17. The molecule has 0 aliphatic heterocycles. The number of halogens is 1. The third-order valence-corrected chi connectivity index (χ3v) is 2.89. The van der Waals surface area contributed by atoms with E-state index in [-0.39, 0.29) is 12.4 Å². The summed E-state index contributed by atoms with van der Waals surface area (Å²) in [6, 6.07) is 12.7. The first-order valence-corrected chi connectivity index (χ1v) is 5.88. The van der Waals surface area contributed by atoms with E-state index in [0.29, 0.717) is 12.1 Å². The Bertz CT molecular complexity index is 540. The van der Waals surface area contributed by atoms with Gasteiger partial charge in [0, 0.05) is 17.8 Å². The maximum absolute atomic E-state index is 13.1. The zero-order valence-corrected chi connectivity index (χ0v) is 10.3. The molecule has 0 aromatic heterocycles. The van der Waals surface area contributed by atoms with Crippen LogP contribution in [0.25, 0.3) is 0 Å². The highest BCUT2D eigenvalue weighted by molar-refractivity contribution is 5.51. The molecule has 2 aromatic carbocycles. The number of anilines is 1. The fourth-order valence-electron chi connectivity index (χ4n) is 1.84. The van der Waals surface area contributed by atoms with Gasteiger partial charge in [-0.1, -0.05) is 30.3 Å². The molecule has 2 N–H and O–H groups in total. The van der Waals surface area contributed by atoms with Gasteiger partial charge >= 0.3 is 0 Å². The van der Waals surface area contributed by atoms with Gasteiger partial charge in [0.05, 0.1) is 6.61 Å². The topological polar surface area (TPSA) is 32.3 Å². The quantitative estimate of drug-likeness (QED) is 0.866. The van der Waals surface area contributed by atoms with Gasteiger partial charge in [-0.3, -0.25) is 0 Å². The first-order valence-electron chi connectivity index (χ1n) is 5.88. The second-order valence-electron chi connectivity index (χ2n) is 4.25. The largest absolute Gasteiger partial charge is 0.392 e. The molecule has 0 radical (unpaired) electrons. The average Bonchev–Trinajstić information content (AvgIpc) is 2.40. The van der Waals surface area contributed by atoms with Crippen LogP contribution in [-0.2, 0) is 13.2 Å². The molecule has 0 fully saturated rings. The van der Waals surface area contributed by atoms with Crippen molar-refractivity contribution >= 4 is 5.69 Å². The minimum atomic E-state index is -0.186. The van der Waals surface area contributed by atoms with Crippen molar-refractivity contribution in [3.8, 4) is 0 Å². The number of benzene rings is 2. The molecule has 0 bridgehead atoms.